The number of aromatic nitrogens is 1. The Morgan fingerprint density at radius 1 is 1.38 bits per heavy atom. The van der Waals surface area contributed by atoms with Crippen LogP contribution in [0.25, 0.3) is 0 Å². The van der Waals surface area contributed by atoms with Crippen LogP contribution in [0.15, 0.2) is 46.2 Å². The highest BCUT2D eigenvalue weighted by Gasteiger charge is 2.28. The molecule has 1 unspecified atom stereocenters. The van der Waals surface area contributed by atoms with Crippen LogP contribution in [0.4, 0.5) is 0 Å². The van der Waals surface area contributed by atoms with Gasteiger partial charge in [-0.05, 0) is 24.3 Å². The smallest absolute Gasteiger partial charge is 0.254 e. The van der Waals surface area contributed by atoms with E-state index in [9.17, 15) is 4.79 Å². The van der Waals surface area contributed by atoms with Crippen LogP contribution in [0.3, 0.4) is 0 Å². The van der Waals surface area contributed by atoms with E-state index in [1.165, 1.54) is 0 Å². The van der Waals surface area contributed by atoms with Gasteiger partial charge < -0.3 is 14.1 Å². The number of amides is 1. The van der Waals surface area contributed by atoms with Crippen molar-refractivity contribution in [3.8, 4) is 0 Å². The molecule has 0 aliphatic carbocycles. The van der Waals surface area contributed by atoms with Crippen molar-refractivity contribution in [1.82, 2.24) is 9.88 Å². The molecule has 5 nitrogen and oxygen atoms in total. The molecule has 1 saturated heterocycles. The number of carbonyl (C=O) groups excluding carboxylic acids is 1. The highest BCUT2D eigenvalue weighted by Crippen LogP contribution is 2.31. The number of nitrogens with zero attached hydrogens (tertiary/aromatic N) is 2. The molecule has 1 aliphatic heterocycles. The van der Waals surface area contributed by atoms with E-state index in [1.807, 2.05) is 23.1 Å². The number of carbonyl (C=O) groups is 1. The first-order valence-electron chi connectivity index (χ1n) is 8.02. The molecule has 2 aromatic heterocycles. The van der Waals surface area contributed by atoms with Gasteiger partial charge in [0.05, 0.1) is 24.4 Å². The predicted octanol–water partition coefficient (Wildman–Crippen LogP) is 3.78. The molecule has 128 valence electrons. The number of rotatable bonds is 3. The average Bonchev–Trinajstić information content (AvgIpc) is 3.07. The van der Waals surface area contributed by atoms with Crippen LogP contribution >= 0.6 is 11.8 Å². The maximum Gasteiger partial charge on any atom is 0.254 e. The molecule has 0 bridgehead atoms. The van der Waals surface area contributed by atoms with Gasteiger partial charge >= 0.3 is 0 Å². The second kappa shape index (κ2) is 6.99. The van der Waals surface area contributed by atoms with Gasteiger partial charge in [0, 0.05) is 23.1 Å². The zero-order valence-corrected chi connectivity index (χ0v) is 15.0. The van der Waals surface area contributed by atoms with Crippen LogP contribution in [0, 0.1) is 0 Å². The molecule has 24 heavy (non-hydrogen) atoms. The van der Waals surface area contributed by atoms with Gasteiger partial charge in [-0.2, -0.15) is 0 Å². The zero-order valence-electron chi connectivity index (χ0n) is 14.2. The largest absolute Gasteiger partial charge is 0.467 e. The zero-order chi connectivity index (χ0) is 17.2. The standard InChI is InChI=1S/C18H22N2O3S/c1-18(2,3)24-16-11-13(6-7-19-16)17(21)20-8-10-23-15(12-20)14-5-4-9-22-14/h4-7,9,11,15H,8,10,12H2,1-3H3. The van der Waals surface area contributed by atoms with E-state index in [0.717, 1.165) is 10.8 Å². The van der Waals surface area contributed by atoms with Crippen molar-refractivity contribution in [1.29, 1.82) is 0 Å². The average molecular weight is 346 g/mol. The highest BCUT2D eigenvalue weighted by atomic mass is 32.2. The van der Waals surface area contributed by atoms with Crippen molar-refractivity contribution in [3.63, 3.8) is 0 Å². The van der Waals surface area contributed by atoms with Crippen molar-refractivity contribution >= 4 is 17.7 Å². The summed E-state index contributed by atoms with van der Waals surface area (Å²) < 4.78 is 11.2. The van der Waals surface area contributed by atoms with Crippen LogP contribution in [-0.4, -0.2) is 40.2 Å². The summed E-state index contributed by atoms with van der Waals surface area (Å²) in [7, 11) is 0. The number of ether oxygens (including phenoxy) is 1. The third kappa shape index (κ3) is 4.19. The minimum Gasteiger partial charge on any atom is -0.467 e. The molecule has 3 heterocycles. The Bertz CT molecular complexity index is 695. The Balaban J connectivity index is 1.73. The highest BCUT2D eigenvalue weighted by molar-refractivity contribution is 8.00. The monoisotopic (exact) mass is 346 g/mol. The Kier molecular flexibility index (Phi) is 4.96. The van der Waals surface area contributed by atoms with E-state index in [0.29, 0.717) is 25.3 Å². The lowest BCUT2D eigenvalue weighted by Crippen LogP contribution is -2.42. The van der Waals surface area contributed by atoms with Gasteiger partial charge in [0.1, 0.15) is 11.9 Å². The molecular formula is C18H22N2O3S. The van der Waals surface area contributed by atoms with E-state index in [2.05, 4.69) is 25.8 Å². The maximum absolute atomic E-state index is 12.8. The molecule has 6 heteroatoms. The first-order chi connectivity index (χ1) is 11.4. The minimum atomic E-state index is -0.206. The number of thioether (sulfide) groups is 1. The molecule has 1 atom stereocenters. The van der Waals surface area contributed by atoms with Crippen LogP contribution < -0.4 is 0 Å². The first-order valence-corrected chi connectivity index (χ1v) is 8.83. The normalized spacial score (nSPS) is 18.6. The number of morpholine rings is 1. The second-order valence-electron chi connectivity index (χ2n) is 6.72. The molecular weight excluding hydrogens is 324 g/mol. The lowest BCUT2D eigenvalue weighted by atomic mass is 10.2. The van der Waals surface area contributed by atoms with Crippen LogP contribution in [0.1, 0.15) is 43.0 Å². The Morgan fingerprint density at radius 3 is 2.92 bits per heavy atom. The van der Waals surface area contributed by atoms with Crippen LogP contribution in [-0.2, 0) is 4.74 Å². The van der Waals surface area contributed by atoms with Gasteiger partial charge in [0.25, 0.3) is 5.91 Å². The van der Waals surface area contributed by atoms with Crippen LogP contribution in [0.5, 0.6) is 0 Å². The summed E-state index contributed by atoms with van der Waals surface area (Å²) in [5.74, 6) is 0.763. The molecule has 0 aromatic carbocycles. The number of hydrogen-bond acceptors (Lipinski definition) is 5. The second-order valence-corrected chi connectivity index (χ2v) is 8.57. The Morgan fingerprint density at radius 2 is 2.21 bits per heavy atom. The van der Waals surface area contributed by atoms with Crippen LogP contribution in [0.2, 0.25) is 0 Å². The van der Waals surface area contributed by atoms with Gasteiger partial charge in [0.15, 0.2) is 0 Å². The summed E-state index contributed by atoms with van der Waals surface area (Å²) in [6.45, 7) is 7.97. The first kappa shape index (κ1) is 17.0. The third-order valence-electron chi connectivity index (χ3n) is 3.61. The topological polar surface area (TPSA) is 55.6 Å². The quantitative estimate of drug-likeness (QED) is 0.792. The molecule has 0 radical (unpaired) electrons. The van der Waals surface area contributed by atoms with E-state index >= 15 is 0 Å². The molecule has 0 N–H and O–H groups in total. The summed E-state index contributed by atoms with van der Waals surface area (Å²) in [5, 5.41) is 0.865. The fourth-order valence-electron chi connectivity index (χ4n) is 2.57. The summed E-state index contributed by atoms with van der Waals surface area (Å²) in [4.78, 5) is 19.0. The molecule has 1 aliphatic rings. The van der Waals surface area contributed by atoms with E-state index in [4.69, 9.17) is 9.15 Å². The van der Waals surface area contributed by atoms with Gasteiger partial charge in [-0.15, -0.1) is 11.8 Å². The van der Waals surface area contributed by atoms with Crippen molar-refractivity contribution < 1.29 is 13.9 Å². The van der Waals surface area contributed by atoms with E-state index < -0.39 is 0 Å². The molecule has 2 aromatic rings. The van der Waals surface area contributed by atoms with Crippen molar-refractivity contribution in [2.24, 2.45) is 0 Å². The number of hydrogen-bond donors (Lipinski definition) is 0. The van der Waals surface area contributed by atoms with Crippen molar-refractivity contribution in [3.05, 3.63) is 48.0 Å². The number of furan rings is 1. The van der Waals surface area contributed by atoms with Gasteiger partial charge in [-0.25, -0.2) is 4.98 Å². The lowest BCUT2D eigenvalue weighted by molar-refractivity contribution is -0.0321. The van der Waals surface area contributed by atoms with E-state index in [-0.39, 0.29) is 16.8 Å². The maximum atomic E-state index is 12.8. The fraction of sp³-hybridized carbons (Fsp3) is 0.444. The molecule has 1 fully saturated rings. The summed E-state index contributed by atoms with van der Waals surface area (Å²) in [6.07, 6.45) is 3.12. The molecule has 3 rings (SSSR count). The van der Waals surface area contributed by atoms with Crippen molar-refractivity contribution in [2.45, 2.75) is 36.6 Å². The lowest BCUT2D eigenvalue weighted by Gasteiger charge is -2.32. The molecule has 0 spiro atoms. The predicted molar refractivity (Wildman–Crippen MR) is 93.2 cm³/mol. The molecule has 1 amide bonds. The minimum absolute atomic E-state index is 0.00742. The van der Waals surface area contributed by atoms with Crippen molar-refractivity contribution in [2.75, 3.05) is 19.7 Å². The summed E-state index contributed by atoms with van der Waals surface area (Å²) in [5.41, 5.74) is 0.664. The van der Waals surface area contributed by atoms with Gasteiger partial charge in [-0.3, -0.25) is 4.79 Å². The van der Waals surface area contributed by atoms with Gasteiger partial charge in [0.2, 0.25) is 0 Å². The van der Waals surface area contributed by atoms with Gasteiger partial charge in [-0.1, -0.05) is 20.8 Å². The van der Waals surface area contributed by atoms with E-state index in [1.54, 1.807) is 30.3 Å². The SMILES string of the molecule is CC(C)(C)Sc1cc(C(=O)N2CCOC(c3ccco3)C2)ccn1. The Hall–Kier alpha value is -1.79. The summed E-state index contributed by atoms with van der Waals surface area (Å²) in [6, 6.07) is 7.35. The number of pyridine rings is 1. The third-order valence-corrected chi connectivity index (χ3v) is 4.65. The Labute approximate surface area is 146 Å². The summed E-state index contributed by atoms with van der Waals surface area (Å²) >= 11 is 1.66. The fourth-order valence-corrected chi connectivity index (χ4v) is 3.50. The molecule has 0 saturated carbocycles.